The van der Waals surface area contributed by atoms with Crippen molar-refractivity contribution in [1.29, 1.82) is 0 Å². The molecule has 2 rings (SSSR count). The second kappa shape index (κ2) is 8.16. The number of nitrogens with zero attached hydrogens (tertiary/aromatic N) is 1. The van der Waals surface area contributed by atoms with Gasteiger partial charge in [0.15, 0.2) is 0 Å². The molecule has 0 spiro atoms. The molecule has 8 heteroatoms. The maximum absolute atomic E-state index is 11.8. The molecule has 0 aliphatic heterocycles. The summed E-state index contributed by atoms with van der Waals surface area (Å²) >= 11 is 1.41. The van der Waals surface area contributed by atoms with Gasteiger partial charge in [0.2, 0.25) is 0 Å². The number of hydrogen-bond donors (Lipinski definition) is 2. The van der Waals surface area contributed by atoms with E-state index in [1.165, 1.54) is 11.3 Å². The van der Waals surface area contributed by atoms with Gasteiger partial charge >= 0.3 is 0 Å². The molecule has 0 unspecified atom stereocenters. The lowest BCUT2D eigenvalue weighted by atomic mass is 10.3. The Hall–Kier alpha value is -1.08. The minimum Gasteiger partial charge on any atom is -0.472 e. The molecule has 0 aliphatic carbocycles. The molecule has 5 nitrogen and oxygen atoms in total. The second-order valence-electron chi connectivity index (χ2n) is 3.66. The van der Waals surface area contributed by atoms with Crippen LogP contribution >= 0.6 is 36.2 Å². The maximum Gasteiger partial charge on any atom is 0.271 e. The largest absolute Gasteiger partial charge is 0.472 e. The summed E-state index contributed by atoms with van der Waals surface area (Å²) in [6.45, 7) is 2.26. The van der Waals surface area contributed by atoms with Crippen molar-refractivity contribution in [1.82, 2.24) is 10.3 Å². The molecule has 3 N–H and O–H groups in total. The minimum absolute atomic E-state index is 0. The normalized spacial score (nSPS) is 11.1. The molecule has 0 aromatic carbocycles. The molecule has 0 saturated carbocycles. The summed E-state index contributed by atoms with van der Waals surface area (Å²) in [7, 11) is 0. The lowest BCUT2D eigenvalue weighted by Gasteiger charge is -2.09. The van der Waals surface area contributed by atoms with Crippen LogP contribution in [0.4, 0.5) is 0 Å². The molecule has 106 valence electrons. The summed E-state index contributed by atoms with van der Waals surface area (Å²) in [6, 6.07) is 1.75. The molecule has 2 heterocycles. The number of carbonyl (C=O) groups is 1. The van der Waals surface area contributed by atoms with Crippen LogP contribution in [0.3, 0.4) is 0 Å². The van der Waals surface area contributed by atoms with Crippen molar-refractivity contribution in [2.45, 2.75) is 13.0 Å². The lowest BCUT2D eigenvalue weighted by molar-refractivity contribution is 0.0937. The molecule has 0 fully saturated rings. The monoisotopic (exact) mass is 323 g/mol. The molecular weight excluding hydrogens is 309 g/mol. The number of halogens is 2. The van der Waals surface area contributed by atoms with Crippen LogP contribution in [0.2, 0.25) is 0 Å². The number of nitrogens with one attached hydrogen (secondary N) is 1. The summed E-state index contributed by atoms with van der Waals surface area (Å²) in [6.07, 6.45) is 3.18. The molecule has 0 bridgehead atoms. The van der Waals surface area contributed by atoms with Gasteiger partial charge in [-0.3, -0.25) is 4.79 Å². The zero-order valence-electron chi connectivity index (χ0n) is 10.2. The van der Waals surface area contributed by atoms with Gasteiger partial charge in [-0.1, -0.05) is 0 Å². The zero-order chi connectivity index (χ0) is 12.3. The van der Waals surface area contributed by atoms with Gasteiger partial charge in [0.25, 0.3) is 5.91 Å². The van der Waals surface area contributed by atoms with Crippen molar-refractivity contribution < 1.29 is 9.21 Å². The SMILES string of the molecule is C[C@@H](CN)NC(=O)c1csc(-c2ccoc2)n1.Cl.Cl. The summed E-state index contributed by atoms with van der Waals surface area (Å²) in [5, 5.41) is 5.25. The predicted molar refractivity (Wildman–Crippen MR) is 80.3 cm³/mol. The average Bonchev–Trinajstić information content (AvgIpc) is 2.98. The molecule has 0 aliphatic rings. The van der Waals surface area contributed by atoms with E-state index in [0.717, 1.165) is 10.6 Å². The third kappa shape index (κ3) is 4.50. The van der Waals surface area contributed by atoms with E-state index in [1.54, 1.807) is 17.9 Å². The number of nitrogens with two attached hydrogens (primary N) is 1. The summed E-state index contributed by atoms with van der Waals surface area (Å²) < 4.78 is 4.97. The third-order valence-corrected chi connectivity index (χ3v) is 3.13. The summed E-state index contributed by atoms with van der Waals surface area (Å²) in [4.78, 5) is 16.0. The molecule has 1 atom stereocenters. The first kappa shape index (κ1) is 17.9. The Morgan fingerprint density at radius 1 is 1.58 bits per heavy atom. The Kier molecular flexibility index (Phi) is 7.70. The molecule has 19 heavy (non-hydrogen) atoms. The van der Waals surface area contributed by atoms with E-state index >= 15 is 0 Å². The van der Waals surface area contributed by atoms with Gasteiger partial charge in [-0.25, -0.2) is 4.98 Å². The van der Waals surface area contributed by atoms with Crippen molar-refractivity contribution in [3.05, 3.63) is 29.7 Å². The first-order valence-corrected chi connectivity index (χ1v) is 6.07. The van der Waals surface area contributed by atoms with Crippen LogP contribution in [0.25, 0.3) is 10.6 Å². The molecule has 0 radical (unpaired) electrons. The van der Waals surface area contributed by atoms with E-state index in [0.29, 0.717) is 12.2 Å². The zero-order valence-corrected chi connectivity index (χ0v) is 12.6. The summed E-state index contributed by atoms with van der Waals surface area (Å²) in [5.74, 6) is -0.200. The van der Waals surface area contributed by atoms with Crippen LogP contribution in [0, 0.1) is 0 Å². The van der Waals surface area contributed by atoms with Crippen LogP contribution in [0.1, 0.15) is 17.4 Å². The number of aromatic nitrogens is 1. The standard InChI is InChI=1S/C11H13N3O2S.2ClH/c1-7(4-12)13-10(15)9-6-17-11(14-9)8-2-3-16-5-8;;/h2-3,5-7H,4,12H2,1H3,(H,13,15);2*1H/t7-;;/m0../s1. The fourth-order valence-corrected chi connectivity index (χ4v) is 2.04. The number of hydrogen-bond acceptors (Lipinski definition) is 5. The number of rotatable bonds is 4. The van der Waals surface area contributed by atoms with Gasteiger partial charge in [-0.05, 0) is 13.0 Å². The quantitative estimate of drug-likeness (QED) is 0.904. The molecule has 1 amide bonds. The van der Waals surface area contributed by atoms with Gasteiger partial charge in [-0.15, -0.1) is 36.2 Å². The van der Waals surface area contributed by atoms with Crippen molar-refractivity contribution in [2.24, 2.45) is 5.73 Å². The highest BCUT2D eigenvalue weighted by Crippen LogP contribution is 2.23. The molecule has 2 aromatic rings. The lowest BCUT2D eigenvalue weighted by Crippen LogP contribution is -2.37. The topological polar surface area (TPSA) is 81.1 Å². The van der Waals surface area contributed by atoms with Crippen LogP contribution < -0.4 is 11.1 Å². The van der Waals surface area contributed by atoms with Crippen molar-refractivity contribution in [3.8, 4) is 10.6 Å². The smallest absolute Gasteiger partial charge is 0.271 e. The van der Waals surface area contributed by atoms with E-state index in [2.05, 4.69) is 10.3 Å². The highest BCUT2D eigenvalue weighted by Gasteiger charge is 2.13. The second-order valence-corrected chi connectivity index (χ2v) is 4.52. The van der Waals surface area contributed by atoms with Crippen molar-refractivity contribution in [2.75, 3.05) is 6.54 Å². The number of carbonyl (C=O) groups excluding carboxylic acids is 1. The van der Waals surface area contributed by atoms with Crippen molar-refractivity contribution in [3.63, 3.8) is 0 Å². The fraction of sp³-hybridized carbons (Fsp3) is 0.273. The van der Waals surface area contributed by atoms with Crippen LogP contribution in [0.5, 0.6) is 0 Å². The molecule has 0 saturated heterocycles. The number of amides is 1. The highest BCUT2D eigenvalue weighted by molar-refractivity contribution is 7.13. The highest BCUT2D eigenvalue weighted by atomic mass is 35.5. The first-order valence-electron chi connectivity index (χ1n) is 5.19. The van der Waals surface area contributed by atoms with E-state index in [1.807, 2.05) is 13.0 Å². The molecular formula is C11H15Cl2N3O2S. The third-order valence-electron chi connectivity index (χ3n) is 2.24. The van der Waals surface area contributed by atoms with Gasteiger partial charge in [0.05, 0.1) is 6.26 Å². The van der Waals surface area contributed by atoms with Crippen LogP contribution in [-0.2, 0) is 0 Å². The van der Waals surface area contributed by atoms with Gasteiger partial charge < -0.3 is 15.5 Å². The van der Waals surface area contributed by atoms with E-state index in [4.69, 9.17) is 10.2 Å². The Balaban J connectivity index is 0.00000162. The van der Waals surface area contributed by atoms with Gasteiger partial charge in [-0.2, -0.15) is 0 Å². The van der Waals surface area contributed by atoms with E-state index in [9.17, 15) is 4.79 Å². The van der Waals surface area contributed by atoms with Crippen LogP contribution in [0.15, 0.2) is 28.4 Å². The maximum atomic E-state index is 11.8. The fourth-order valence-electron chi connectivity index (χ4n) is 1.25. The Bertz CT molecular complexity index is 502. The van der Waals surface area contributed by atoms with E-state index in [-0.39, 0.29) is 36.8 Å². The molecule has 2 aromatic heterocycles. The van der Waals surface area contributed by atoms with Gasteiger partial charge in [0.1, 0.15) is 17.0 Å². The Labute approximate surface area is 127 Å². The average molecular weight is 324 g/mol. The first-order chi connectivity index (χ1) is 8.20. The Morgan fingerprint density at radius 2 is 2.32 bits per heavy atom. The van der Waals surface area contributed by atoms with Gasteiger partial charge in [0, 0.05) is 23.5 Å². The number of furan rings is 1. The predicted octanol–water partition coefficient (Wildman–Crippen LogP) is 2.32. The van der Waals surface area contributed by atoms with Crippen molar-refractivity contribution >= 4 is 42.1 Å². The summed E-state index contributed by atoms with van der Waals surface area (Å²) in [5.41, 5.74) is 6.72. The number of thiazole rings is 1. The Morgan fingerprint density at radius 3 is 2.89 bits per heavy atom. The van der Waals surface area contributed by atoms with Crippen LogP contribution in [-0.4, -0.2) is 23.5 Å². The van der Waals surface area contributed by atoms with E-state index < -0.39 is 0 Å². The minimum atomic E-state index is -0.200.